The molecular weight excluding hydrogens is 245 g/mol. The number of aromatic nitrogens is 2. The van der Waals surface area contributed by atoms with E-state index in [4.69, 9.17) is 19.8 Å². The summed E-state index contributed by atoms with van der Waals surface area (Å²) < 4.78 is 17.0. The summed E-state index contributed by atoms with van der Waals surface area (Å²) in [7, 11) is 0.941. The monoisotopic (exact) mass is 265 g/mol. The number of nitrogen functional groups attached to an aromatic ring is 1. The molecule has 1 aliphatic rings. The fourth-order valence-electron chi connectivity index (χ4n) is 1.86. The Morgan fingerprint density at radius 3 is 2.11 bits per heavy atom. The lowest BCUT2D eigenvalue weighted by atomic mass is 9.83. The zero-order valence-electron chi connectivity index (χ0n) is 12.3. The Kier molecular flexibility index (Phi) is 3.22. The van der Waals surface area contributed by atoms with E-state index in [0.717, 1.165) is 0 Å². The number of nitrogens with zero attached hydrogens (tertiary/aromatic N) is 2. The number of aryl methyl sites for hydroxylation is 1. The lowest BCUT2D eigenvalue weighted by Crippen LogP contribution is -2.41. The predicted molar refractivity (Wildman–Crippen MR) is 73.4 cm³/mol. The molecule has 0 unspecified atom stereocenters. The van der Waals surface area contributed by atoms with E-state index in [9.17, 15) is 0 Å². The number of nitrogens with two attached hydrogens (primary N) is 1. The van der Waals surface area contributed by atoms with Crippen molar-refractivity contribution in [1.82, 2.24) is 9.97 Å². The third-order valence-corrected chi connectivity index (χ3v) is 3.77. The molecule has 0 aliphatic carbocycles. The van der Waals surface area contributed by atoms with Crippen LogP contribution in [0.3, 0.4) is 0 Å². The Morgan fingerprint density at radius 1 is 1.11 bits per heavy atom. The molecule has 0 atom stereocenters. The third kappa shape index (κ3) is 2.28. The van der Waals surface area contributed by atoms with Crippen LogP contribution in [-0.2, 0) is 9.31 Å². The van der Waals surface area contributed by atoms with Gasteiger partial charge in [-0.25, -0.2) is 9.97 Å². The van der Waals surface area contributed by atoms with Crippen molar-refractivity contribution in [2.45, 2.75) is 45.8 Å². The molecule has 0 bridgehead atoms. The molecule has 19 heavy (non-hydrogen) atoms. The molecular formula is C12H20BN3O3. The Balaban J connectivity index is 2.39. The van der Waals surface area contributed by atoms with Crippen LogP contribution in [-0.4, -0.2) is 35.4 Å². The molecule has 0 saturated carbocycles. The van der Waals surface area contributed by atoms with Gasteiger partial charge in [0.1, 0.15) is 0 Å². The maximum absolute atomic E-state index is 5.95. The molecule has 1 aliphatic heterocycles. The molecule has 1 fully saturated rings. The van der Waals surface area contributed by atoms with Crippen molar-refractivity contribution in [3.63, 3.8) is 0 Å². The molecule has 7 heteroatoms. The van der Waals surface area contributed by atoms with E-state index in [1.54, 1.807) is 0 Å². The normalized spacial score (nSPS) is 20.6. The highest BCUT2D eigenvalue weighted by molar-refractivity contribution is 6.61. The van der Waals surface area contributed by atoms with Gasteiger partial charge in [0.25, 0.3) is 5.88 Å². The van der Waals surface area contributed by atoms with Gasteiger partial charge < -0.3 is 19.8 Å². The first-order valence-corrected chi connectivity index (χ1v) is 6.21. The van der Waals surface area contributed by atoms with E-state index >= 15 is 0 Å². The van der Waals surface area contributed by atoms with Gasteiger partial charge in [-0.05, 0) is 34.6 Å². The van der Waals surface area contributed by atoms with Crippen LogP contribution >= 0.6 is 0 Å². The smallest absolute Gasteiger partial charge is 0.478 e. The first-order valence-electron chi connectivity index (χ1n) is 6.21. The molecule has 6 nitrogen and oxygen atoms in total. The second-order valence-corrected chi connectivity index (χ2v) is 5.68. The minimum absolute atomic E-state index is 0.264. The fraction of sp³-hybridized carbons (Fsp3) is 0.667. The maximum Gasteiger partial charge on any atom is 0.516 e. The molecule has 104 valence electrons. The average molecular weight is 265 g/mol. The molecule has 2 rings (SSSR count). The SMILES string of the molecule is COc1nc(B2OC(C)(C)C(C)(C)O2)c(C)nc1N. The second-order valence-electron chi connectivity index (χ2n) is 5.68. The maximum atomic E-state index is 5.95. The average Bonchev–Trinajstić information content (AvgIpc) is 2.48. The Labute approximate surface area is 113 Å². The van der Waals surface area contributed by atoms with Crippen molar-refractivity contribution in [2.75, 3.05) is 12.8 Å². The lowest BCUT2D eigenvalue weighted by Gasteiger charge is -2.32. The van der Waals surface area contributed by atoms with E-state index < -0.39 is 18.3 Å². The first-order chi connectivity index (χ1) is 8.68. The van der Waals surface area contributed by atoms with Crippen LogP contribution in [0.2, 0.25) is 0 Å². The van der Waals surface area contributed by atoms with Crippen LogP contribution in [0.1, 0.15) is 33.4 Å². The Hall–Kier alpha value is -1.34. The van der Waals surface area contributed by atoms with E-state index in [2.05, 4.69) is 9.97 Å². The number of ether oxygens (including phenoxy) is 1. The van der Waals surface area contributed by atoms with E-state index in [0.29, 0.717) is 11.3 Å². The Morgan fingerprint density at radius 2 is 1.63 bits per heavy atom. The Bertz CT molecular complexity index is 489. The molecule has 1 saturated heterocycles. The van der Waals surface area contributed by atoms with E-state index in [-0.39, 0.29) is 11.7 Å². The summed E-state index contributed by atoms with van der Waals surface area (Å²) in [5, 5.41) is 0. The molecule has 0 spiro atoms. The summed E-state index contributed by atoms with van der Waals surface area (Å²) in [6.45, 7) is 9.78. The summed E-state index contributed by atoms with van der Waals surface area (Å²) in [5.41, 5.74) is 6.17. The summed E-state index contributed by atoms with van der Waals surface area (Å²) >= 11 is 0. The summed E-state index contributed by atoms with van der Waals surface area (Å²) in [6.07, 6.45) is 0. The highest BCUT2D eigenvalue weighted by Crippen LogP contribution is 2.36. The van der Waals surface area contributed by atoms with Crippen LogP contribution < -0.4 is 16.1 Å². The number of hydrogen-bond donors (Lipinski definition) is 1. The highest BCUT2D eigenvalue weighted by Gasteiger charge is 2.53. The topological polar surface area (TPSA) is 79.5 Å². The van der Waals surface area contributed by atoms with Gasteiger partial charge in [0.05, 0.1) is 29.6 Å². The number of rotatable bonds is 2. The van der Waals surface area contributed by atoms with Crippen LogP contribution in [0.5, 0.6) is 5.88 Å². The minimum atomic E-state index is -0.563. The second kappa shape index (κ2) is 4.35. The van der Waals surface area contributed by atoms with Crippen LogP contribution in [0.4, 0.5) is 5.82 Å². The van der Waals surface area contributed by atoms with Crippen molar-refractivity contribution in [3.8, 4) is 5.88 Å². The van der Waals surface area contributed by atoms with Crippen LogP contribution in [0.15, 0.2) is 0 Å². The van der Waals surface area contributed by atoms with E-state index in [1.165, 1.54) is 7.11 Å². The number of hydrogen-bond acceptors (Lipinski definition) is 6. The quantitative estimate of drug-likeness (QED) is 0.792. The molecule has 0 radical (unpaired) electrons. The number of anilines is 1. The molecule has 2 heterocycles. The highest BCUT2D eigenvalue weighted by atomic mass is 16.7. The van der Waals surface area contributed by atoms with Crippen LogP contribution in [0, 0.1) is 6.92 Å². The lowest BCUT2D eigenvalue weighted by molar-refractivity contribution is 0.00578. The van der Waals surface area contributed by atoms with Gasteiger partial charge in [-0.1, -0.05) is 0 Å². The molecule has 1 aromatic heterocycles. The van der Waals surface area contributed by atoms with E-state index in [1.807, 2.05) is 34.6 Å². The fourth-order valence-corrected chi connectivity index (χ4v) is 1.86. The van der Waals surface area contributed by atoms with Gasteiger partial charge in [-0.2, -0.15) is 0 Å². The zero-order chi connectivity index (χ0) is 14.4. The van der Waals surface area contributed by atoms with Gasteiger partial charge >= 0.3 is 7.12 Å². The standard InChI is InChI=1S/C12H20BN3O3/c1-7-8(16-10(17-6)9(14)15-7)13-18-11(2,3)12(4,5)19-13/h1-6H3,(H2,14,15). The molecule has 0 amide bonds. The molecule has 1 aromatic rings. The first kappa shape index (κ1) is 14.1. The van der Waals surface area contributed by atoms with Crippen LogP contribution in [0.25, 0.3) is 0 Å². The van der Waals surface area contributed by atoms with Gasteiger partial charge in [0.2, 0.25) is 0 Å². The van der Waals surface area contributed by atoms with Crippen molar-refractivity contribution < 1.29 is 14.0 Å². The van der Waals surface area contributed by atoms with Crippen molar-refractivity contribution in [1.29, 1.82) is 0 Å². The summed E-state index contributed by atoms with van der Waals surface area (Å²) in [4.78, 5) is 8.56. The van der Waals surface area contributed by atoms with Gasteiger partial charge in [-0.3, -0.25) is 0 Å². The largest absolute Gasteiger partial charge is 0.516 e. The zero-order valence-corrected chi connectivity index (χ0v) is 12.3. The third-order valence-electron chi connectivity index (χ3n) is 3.77. The summed E-state index contributed by atoms with van der Waals surface area (Å²) in [6, 6.07) is 0. The minimum Gasteiger partial charge on any atom is -0.478 e. The van der Waals surface area contributed by atoms with Gasteiger partial charge in [0, 0.05) is 0 Å². The van der Waals surface area contributed by atoms with Crippen molar-refractivity contribution >= 4 is 18.5 Å². The van der Waals surface area contributed by atoms with Gasteiger partial charge in [-0.15, -0.1) is 0 Å². The van der Waals surface area contributed by atoms with Crippen molar-refractivity contribution in [3.05, 3.63) is 5.69 Å². The summed E-state index contributed by atoms with van der Waals surface area (Å²) in [5.74, 6) is 0.551. The van der Waals surface area contributed by atoms with Gasteiger partial charge in [0.15, 0.2) is 5.82 Å². The predicted octanol–water partition coefficient (Wildman–Crippen LogP) is 0.675. The number of methoxy groups -OCH3 is 1. The molecule has 0 aromatic carbocycles. The molecule has 2 N–H and O–H groups in total. The van der Waals surface area contributed by atoms with Crippen molar-refractivity contribution in [2.24, 2.45) is 0 Å².